The summed E-state index contributed by atoms with van der Waals surface area (Å²) < 4.78 is 1.51. The third-order valence-electron chi connectivity index (χ3n) is 2.82. The zero-order chi connectivity index (χ0) is 14.6. The molecule has 0 spiro atoms. The Kier molecular flexibility index (Phi) is 4.86. The first-order valence-electron chi connectivity index (χ1n) is 6.07. The summed E-state index contributed by atoms with van der Waals surface area (Å²) in [7, 11) is 1.64. The second-order valence-electron chi connectivity index (χ2n) is 4.43. The molecule has 0 saturated carbocycles. The van der Waals surface area contributed by atoms with Crippen LogP contribution in [0.3, 0.4) is 0 Å². The molecule has 1 aromatic heterocycles. The third kappa shape index (κ3) is 3.67. The van der Waals surface area contributed by atoms with Gasteiger partial charge in [0.05, 0.1) is 0 Å². The molecule has 1 amide bonds. The number of hydrogen-bond donors (Lipinski definition) is 2. The number of Topliss-reactive ketones (excluding diaryl/α,β-unsaturated/α-hetero) is 1. The highest BCUT2D eigenvalue weighted by Crippen LogP contribution is 2.09. The van der Waals surface area contributed by atoms with Gasteiger partial charge in [0.2, 0.25) is 0 Å². The van der Waals surface area contributed by atoms with Gasteiger partial charge in [0, 0.05) is 18.8 Å². The molecule has 1 unspecified atom stereocenters. The Balaban J connectivity index is 2.88. The number of carbonyl (C=O) groups is 3. The van der Waals surface area contributed by atoms with E-state index >= 15 is 0 Å². The summed E-state index contributed by atoms with van der Waals surface area (Å²) in [6, 6.07) is 0.552. The van der Waals surface area contributed by atoms with Gasteiger partial charge in [-0.15, -0.1) is 0 Å². The van der Waals surface area contributed by atoms with E-state index < -0.39 is 17.9 Å². The monoisotopic (exact) mass is 266 g/mol. The molecule has 1 rings (SSSR count). The first kappa shape index (κ1) is 14.9. The minimum absolute atomic E-state index is 0.141. The number of amides is 1. The Hall–Kier alpha value is -2.11. The largest absolute Gasteiger partial charge is 0.480 e. The van der Waals surface area contributed by atoms with Crippen molar-refractivity contribution < 1.29 is 19.5 Å². The maximum atomic E-state index is 12.0. The number of carboxylic acid groups (broad SMARTS) is 1. The highest BCUT2D eigenvalue weighted by atomic mass is 16.4. The molecule has 0 aliphatic heterocycles. The summed E-state index contributed by atoms with van der Waals surface area (Å²) in [5.74, 6) is -1.69. The Morgan fingerprint density at radius 3 is 2.47 bits per heavy atom. The topological polar surface area (TPSA) is 88.4 Å². The molecule has 1 atom stereocenters. The van der Waals surface area contributed by atoms with Crippen molar-refractivity contribution in [2.24, 2.45) is 7.05 Å². The molecular formula is C13H18N2O4. The van der Waals surface area contributed by atoms with Crippen LogP contribution in [0.4, 0.5) is 0 Å². The summed E-state index contributed by atoms with van der Waals surface area (Å²) in [5, 5.41) is 11.4. The van der Waals surface area contributed by atoms with Crippen LogP contribution < -0.4 is 5.32 Å². The highest BCUT2D eigenvalue weighted by Gasteiger charge is 2.21. The lowest BCUT2D eigenvalue weighted by atomic mass is 10.1. The fourth-order valence-electron chi connectivity index (χ4n) is 1.76. The molecule has 6 nitrogen and oxygen atoms in total. The average molecular weight is 266 g/mol. The fourth-order valence-corrected chi connectivity index (χ4v) is 1.76. The summed E-state index contributed by atoms with van der Waals surface area (Å²) in [4.78, 5) is 34.2. The van der Waals surface area contributed by atoms with Gasteiger partial charge in [0.1, 0.15) is 11.7 Å². The van der Waals surface area contributed by atoms with Crippen molar-refractivity contribution in [1.82, 2.24) is 9.88 Å². The third-order valence-corrected chi connectivity index (χ3v) is 2.82. The van der Waals surface area contributed by atoms with Crippen LogP contribution in [0, 0.1) is 0 Å². The van der Waals surface area contributed by atoms with Crippen molar-refractivity contribution in [1.29, 1.82) is 0 Å². The van der Waals surface area contributed by atoms with Crippen molar-refractivity contribution in [3.63, 3.8) is 0 Å². The zero-order valence-corrected chi connectivity index (χ0v) is 11.3. The molecule has 0 aromatic carbocycles. The van der Waals surface area contributed by atoms with E-state index in [4.69, 9.17) is 5.11 Å². The second kappa shape index (κ2) is 6.17. The van der Waals surface area contributed by atoms with Gasteiger partial charge in [-0.1, -0.05) is 13.3 Å². The normalized spacial score (nSPS) is 11.9. The number of aromatic nitrogens is 1. The number of carboxylic acids is 1. The van der Waals surface area contributed by atoms with Crippen LogP contribution in [-0.4, -0.2) is 33.4 Å². The Labute approximate surface area is 111 Å². The van der Waals surface area contributed by atoms with Crippen LogP contribution >= 0.6 is 0 Å². The quantitative estimate of drug-likeness (QED) is 0.757. The van der Waals surface area contributed by atoms with Gasteiger partial charge in [-0.05, 0) is 19.4 Å². The molecule has 19 heavy (non-hydrogen) atoms. The van der Waals surface area contributed by atoms with Gasteiger partial charge in [0.25, 0.3) is 5.91 Å². The summed E-state index contributed by atoms with van der Waals surface area (Å²) >= 11 is 0. The van der Waals surface area contributed by atoms with Gasteiger partial charge in [-0.2, -0.15) is 0 Å². The van der Waals surface area contributed by atoms with Crippen LogP contribution in [0.1, 0.15) is 47.5 Å². The minimum atomic E-state index is -1.06. The number of aliphatic carboxylic acids is 1. The highest BCUT2D eigenvalue weighted by molar-refractivity contribution is 6.00. The predicted octanol–water partition coefficient (Wildman–Crippen LogP) is 1.21. The molecule has 0 aliphatic carbocycles. The molecule has 0 aliphatic rings. The SMILES string of the molecule is CCCC(NC(=O)c1cc(C(C)=O)cn1C)C(=O)O. The van der Waals surface area contributed by atoms with Gasteiger partial charge in [-0.3, -0.25) is 9.59 Å². The Morgan fingerprint density at radius 2 is 2.05 bits per heavy atom. The first-order chi connectivity index (χ1) is 8.86. The smallest absolute Gasteiger partial charge is 0.326 e. The second-order valence-corrected chi connectivity index (χ2v) is 4.43. The van der Waals surface area contributed by atoms with Crippen LogP contribution in [0.25, 0.3) is 0 Å². The number of nitrogens with one attached hydrogen (secondary N) is 1. The molecule has 6 heteroatoms. The molecule has 0 bridgehead atoms. The fraction of sp³-hybridized carbons (Fsp3) is 0.462. The molecule has 0 radical (unpaired) electrons. The van der Waals surface area contributed by atoms with Gasteiger partial charge >= 0.3 is 5.97 Å². The molecule has 0 fully saturated rings. The molecule has 1 heterocycles. The maximum Gasteiger partial charge on any atom is 0.326 e. The van der Waals surface area contributed by atoms with E-state index in [1.54, 1.807) is 13.2 Å². The van der Waals surface area contributed by atoms with Crippen molar-refractivity contribution in [3.05, 3.63) is 23.5 Å². The van der Waals surface area contributed by atoms with E-state index in [0.29, 0.717) is 18.4 Å². The zero-order valence-electron chi connectivity index (χ0n) is 11.3. The van der Waals surface area contributed by atoms with E-state index in [2.05, 4.69) is 5.32 Å². The Morgan fingerprint density at radius 1 is 1.42 bits per heavy atom. The molecular weight excluding hydrogens is 248 g/mol. The van der Waals surface area contributed by atoms with E-state index in [1.807, 2.05) is 6.92 Å². The average Bonchev–Trinajstić information content (AvgIpc) is 2.70. The van der Waals surface area contributed by atoms with Crippen molar-refractivity contribution >= 4 is 17.7 Å². The van der Waals surface area contributed by atoms with Crippen molar-refractivity contribution in [2.75, 3.05) is 0 Å². The predicted molar refractivity (Wildman–Crippen MR) is 69.2 cm³/mol. The van der Waals surface area contributed by atoms with Crippen LogP contribution in [0.5, 0.6) is 0 Å². The van der Waals surface area contributed by atoms with Gasteiger partial charge < -0.3 is 15.0 Å². The van der Waals surface area contributed by atoms with E-state index in [0.717, 1.165) is 0 Å². The maximum absolute atomic E-state index is 12.0. The molecule has 2 N–H and O–H groups in total. The van der Waals surface area contributed by atoms with Crippen LogP contribution in [0.2, 0.25) is 0 Å². The number of aryl methyl sites for hydroxylation is 1. The summed E-state index contributed by atoms with van der Waals surface area (Å²) in [6.07, 6.45) is 2.57. The lowest BCUT2D eigenvalue weighted by Crippen LogP contribution is -2.41. The summed E-state index contributed by atoms with van der Waals surface area (Å²) in [6.45, 7) is 3.26. The Bertz CT molecular complexity index is 505. The van der Waals surface area contributed by atoms with E-state index in [9.17, 15) is 14.4 Å². The number of carbonyl (C=O) groups excluding carboxylic acids is 2. The lowest BCUT2D eigenvalue weighted by Gasteiger charge is -2.13. The summed E-state index contributed by atoms with van der Waals surface area (Å²) in [5.41, 5.74) is 0.697. The van der Waals surface area contributed by atoms with E-state index in [1.165, 1.54) is 17.6 Å². The standard InChI is InChI=1S/C13H18N2O4/c1-4-5-10(13(18)19)14-12(17)11-6-9(8(2)16)7-15(11)3/h6-7,10H,4-5H2,1-3H3,(H,14,17)(H,18,19). The number of nitrogens with zero attached hydrogens (tertiary/aromatic N) is 1. The molecule has 104 valence electrons. The number of rotatable bonds is 6. The number of ketones is 1. The van der Waals surface area contributed by atoms with Crippen LogP contribution in [0.15, 0.2) is 12.3 Å². The van der Waals surface area contributed by atoms with Gasteiger partial charge in [0.15, 0.2) is 5.78 Å². The van der Waals surface area contributed by atoms with Crippen molar-refractivity contribution in [2.45, 2.75) is 32.7 Å². The van der Waals surface area contributed by atoms with Crippen LogP contribution in [-0.2, 0) is 11.8 Å². The minimum Gasteiger partial charge on any atom is -0.480 e. The van der Waals surface area contributed by atoms with Gasteiger partial charge in [-0.25, -0.2) is 4.79 Å². The van der Waals surface area contributed by atoms with E-state index in [-0.39, 0.29) is 11.5 Å². The first-order valence-corrected chi connectivity index (χ1v) is 6.07. The lowest BCUT2D eigenvalue weighted by molar-refractivity contribution is -0.139. The molecule has 0 saturated heterocycles. The van der Waals surface area contributed by atoms with Crippen molar-refractivity contribution in [3.8, 4) is 0 Å². The molecule has 1 aromatic rings. The number of hydrogen-bond acceptors (Lipinski definition) is 3.